The molecule has 0 radical (unpaired) electrons. The minimum atomic E-state index is -3.52. The first-order valence-corrected chi connectivity index (χ1v) is 8.94. The zero-order chi connectivity index (χ0) is 16.9. The van der Waals surface area contributed by atoms with Gasteiger partial charge in [0.05, 0.1) is 4.90 Å². The third-order valence-corrected chi connectivity index (χ3v) is 4.80. The summed E-state index contributed by atoms with van der Waals surface area (Å²) in [5.74, 6) is 0.330. The number of sulfonamides is 1. The average molecular weight is 326 g/mol. The number of hydrogen-bond acceptors (Lipinski definition) is 3. The molecule has 0 unspecified atom stereocenters. The van der Waals surface area contributed by atoms with Gasteiger partial charge in [0.25, 0.3) is 0 Å². The third kappa shape index (κ3) is 5.42. The Bertz CT molecular complexity index is 582. The zero-order valence-corrected chi connectivity index (χ0v) is 14.8. The van der Waals surface area contributed by atoms with E-state index in [1.807, 2.05) is 27.7 Å². The molecule has 0 bridgehead atoms. The van der Waals surface area contributed by atoms with Gasteiger partial charge in [0.1, 0.15) is 0 Å². The maximum Gasteiger partial charge on any atom is 0.243 e. The molecule has 124 valence electrons. The van der Waals surface area contributed by atoms with Gasteiger partial charge in [0.15, 0.2) is 0 Å². The number of rotatable bonds is 7. The van der Waals surface area contributed by atoms with Gasteiger partial charge in [-0.3, -0.25) is 4.79 Å². The fourth-order valence-corrected chi connectivity index (χ4v) is 3.91. The lowest BCUT2D eigenvalue weighted by atomic mass is 10.2. The van der Waals surface area contributed by atoms with E-state index >= 15 is 0 Å². The predicted octanol–water partition coefficient (Wildman–Crippen LogP) is 2.95. The van der Waals surface area contributed by atoms with Crippen LogP contribution in [0.4, 0.5) is 5.69 Å². The summed E-state index contributed by atoms with van der Waals surface area (Å²) in [6, 6.07) is 6.29. The average Bonchev–Trinajstić information content (AvgIpc) is 2.36. The Balaban J connectivity index is 3.05. The molecular formula is C16H26N2O3S. The fraction of sp³-hybridized carbons (Fsp3) is 0.562. The summed E-state index contributed by atoms with van der Waals surface area (Å²) in [5.41, 5.74) is 0.589. The van der Waals surface area contributed by atoms with Gasteiger partial charge in [0, 0.05) is 25.7 Å². The normalized spacial score (nSPS) is 12.2. The van der Waals surface area contributed by atoms with Crippen molar-refractivity contribution in [2.24, 2.45) is 11.8 Å². The van der Waals surface area contributed by atoms with Crippen molar-refractivity contribution in [2.45, 2.75) is 39.5 Å². The van der Waals surface area contributed by atoms with Crippen molar-refractivity contribution in [1.82, 2.24) is 4.31 Å². The van der Waals surface area contributed by atoms with Crippen molar-refractivity contribution in [3.63, 3.8) is 0 Å². The molecular weight excluding hydrogens is 300 g/mol. The van der Waals surface area contributed by atoms with Crippen molar-refractivity contribution < 1.29 is 13.2 Å². The van der Waals surface area contributed by atoms with E-state index < -0.39 is 10.0 Å². The lowest BCUT2D eigenvalue weighted by Gasteiger charge is -2.25. The highest BCUT2D eigenvalue weighted by molar-refractivity contribution is 7.89. The second kappa shape index (κ2) is 7.74. The van der Waals surface area contributed by atoms with Crippen LogP contribution in [0.1, 0.15) is 34.6 Å². The first-order valence-electron chi connectivity index (χ1n) is 7.50. The van der Waals surface area contributed by atoms with Crippen LogP contribution in [-0.2, 0) is 14.8 Å². The first kappa shape index (κ1) is 18.6. The lowest BCUT2D eigenvalue weighted by molar-refractivity contribution is -0.114. The number of carbonyl (C=O) groups is 1. The summed E-state index contributed by atoms with van der Waals surface area (Å²) >= 11 is 0. The van der Waals surface area contributed by atoms with Crippen molar-refractivity contribution in [3.05, 3.63) is 24.3 Å². The van der Waals surface area contributed by atoms with Gasteiger partial charge < -0.3 is 5.32 Å². The molecule has 5 nitrogen and oxygen atoms in total. The van der Waals surface area contributed by atoms with Crippen LogP contribution in [0.25, 0.3) is 0 Å². The fourth-order valence-electron chi connectivity index (χ4n) is 2.15. The van der Waals surface area contributed by atoms with Gasteiger partial charge in [-0.2, -0.15) is 4.31 Å². The van der Waals surface area contributed by atoms with E-state index in [1.54, 1.807) is 12.1 Å². The van der Waals surface area contributed by atoms with Gasteiger partial charge in [-0.1, -0.05) is 27.7 Å². The quantitative estimate of drug-likeness (QED) is 0.838. The van der Waals surface area contributed by atoms with E-state index in [-0.39, 0.29) is 22.6 Å². The van der Waals surface area contributed by atoms with Crippen LogP contribution in [-0.4, -0.2) is 31.7 Å². The summed E-state index contributed by atoms with van der Waals surface area (Å²) in [6.07, 6.45) is 0. The Morgan fingerprint density at radius 1 is 1.05 bits per heavy atom. The molecule has 1 aromatic rings. The molecule has 1 N–H and O–H groups in total. The summed E-state index contributed by atoms with van der Waals surface area (Å²) in [4.78, 5) is 11.3. The van der Waals surface area contributed by atoms with Crippen molar-refractivity contribution >= 4 is 21.6 Å². The largest absolute Gasteiger partial charge is 0.326 e. The van der Waals surface area contributed by atoms with Gasteiger partial charge >= 0.3 is 0 Å². The van der Waals surface area contributed by atoms with E-state index in [2.05, 4.69) is 5.32 Å². The highest BCUT2D eigenvalue weighted by atomic mass is 32.2. The van der Waals surface area contributed by atoms with Crippen LogP contribution < -0.4 is 5.32 Å². The number of benzene rings is 1. The Hall–Kier alpha value is -1.40. The molecule has 0 aliphatic carbocycles. The number of anilines is 1. The molecule has 0 atom stereocenters. The van der Waals surface area contributed by atoms with E-state index in [4.69, 9.17) is 0 Å². The topological polar surface area (TPSA) is 66.5 Å². The highest BCUT2D eigenvalue weighted by Crippen LogP contribution is 2.20. The molecule has 0 spiro atoms. The second-order valence-corrected chi connectivity index (χ2v) is 8.25. The van der Waals surface area contributed by atoms with E-state index in [9.17, 15) is 13.2 Å². The molecule has 0 heterocycles. The molecule has 0 fully saturated rings. The van der Waals surface area contributed by atoms with E-state index in [1.165, 1.54) is 23.4 Å². The first-order chi connectivity index (χ1) is 10.1. The van der Waals surface area contributed by atoms with Crippen LogP contribution in [0, 0.1) is 11.8 Å². The Morgan fingerprint density at radius 2 is 1.50 bits per heavy atom. The monoisotopic (exact) mass is 326 g/mol. The summed E-state index contributed by atoms with van der Waals surface area (Å²) in [5, 5.41) is 2.63. The molecule has 1 amide bonds. The van der Waals surface area contributed by atoms with Crippen LogP contribution in [0.2, 0.25) is 0 Å². The maximum atomic E-state index is 12.8. The molecule has 0 saturated heterocycles. The Kier molecular flexibility index (Phi) is 6.56. The van der Waals surface area contributed by atoms with E-state index in [0.29, 0.717) is 18.8 Å². The van der Waals surface area contributed by atoms with Crippen molar-refractivity contribution in [2.75, 3.05) is 18.4 Å². The van der Waals surface area contributed by atoms with Crippen molar-refractivity contribution in [1.29, 1.82) is 0 Å². The van der Waals surface area contributed by atoms with Gasteiger partial charge in [-0.15, -0.1) is 0 Å². The number of nitrogens with one attached hydrogen (secondary N) is 1. The Morgan fingerprint density at radius 3 is 1.86 bits per heavy atom. The zero-order valence-electron chi connectivity index (χ0n) is 14.0. The van der Waals surface area contributed by atoms with E-state index in [0.717, 1.165) is 0 Å². The minimum Gasteiger partial charge on any atom is -0.326 e. The number of hydrogen-bond donors (Lipinski definition) is 1. The van der Waals surface area contributed by atoms with Gasteiger partial charge in [-0.25, -0.2) is 8.42 Å². The molecule has 0 saturated carbocycles. The van der Waals surface area contributed by atoms with Gasteiger partial charge in [-0.05, 0) is 36.1 Å². The van der Waals surface area contributed by atoms with Gasteiger partial charge in [0.2, 0.25) is 15.9 Å². The molecule has 22 heavy (non-hydrogen) atoms. The highest BCUT2D eigenvalue weighted by Gasteiger charge is 2.25. The summed E-state index contributed by atoms with van der Waals surface area (Å²) < 4.78 is 27.1. The molecule has 0 aliphatic rings. The van der Waals surface area contributed by atoms with Crippen LogP contribution in [0.15, 0.2) is 29.2 Å². The van der Waals surface area contributed by atoms with Crippen molar-refractivity contribution in [3.8, 4) is 0 Å². The van der Waals surface area contributed by atoms with Crippen LogP contribution in [0.3, 0.4) is 0 Å². The molecule has 0 aliphatic heterocycles. The second-order valence-electron chi connectivity index (χ2n) is 6.32. The molecule has 6 heteroatoms. The lowest BCUT2D eigenvalue weighted by Crippen LogP contribution is -2.37. The molecule has 1 rings (SSSR count). The number of carbonyl (C=O) groups excluding carboxylic acids is 1. The maximum absolute atomic E-state index is 12.8. The number of nitrogens with zero attached hydrogens (tertiary/aromatic N) is 1. The summed E-state index contributed by atoms with van der Waals surface area (Å²) in [7, 11) is -3.52. The third-order valence-electron chi connectivity index (χ3n) is 2.95. The van der Waals surface area contributed by atoms with Crippen LogP contribution in [0.5, 0.6) is 0 Å². The molecule has 0 aromatic heterocycles. The Labute approximate surface area is 133 Å². The summed E-state index contributed by atoms with van der Waals surface area (Å²) in [6.45, 7) is 10.4. The SMILES string of the molecule is CC(=O)Nc1ccc(S(=O)(=O)N(CC(C)C)CC(C)C)cc1. The minimum absolute atomic E-state index is 0.183. The standard InChI is InChI=1S/C16H26N2O3S/c1-12(2)10-18(11-13(3)4)22(20,21)16-8-6-15(7-9-16)17-14(5)19/h6-9,12-13H,10-11H2,1-5H3,(H,17,19). The number of amides is 1. The predicted molar refractivity (Wildman–Crippen MR) is 89.2 cm³/mol. The van der Waals surface area contributed by atoms with Crippen LogP contribution >= 0.6 is 0 Å². The smallest absolute Gasteiger partial charge is 0.243 e. The molecule has 1 aromatic carbocycles.